The van der Waals surface area contributed by atoms with Gasteiger partial charge < -0.3 is 10.5 Å². The van der Waals surface area contributed by atoms with Crippen LogP contribution in [0.4, 0.5) is 8.78 Å². The predicted molar refractivity (Wildman–Crippen MR) is 67.7 cm³/mol. The molecule has 0 spiro atoms. The molecule has 18 heavy (non-hydrogen) atoms. The van der Waals surface area contributed by atoms with Gasteiger partial charge in [-0.15, -0.1) is 0 Å². The van der Waals surface area contributed by atoms with Crippen molar-refractivity contribution in [3.8, 4) is 0 Å². The molecule has 2 aliphatic rings. The lowest BCUT2D eigenvalue weighted by Crippen LogP contribution is -2.51. The minimum absolute atomic E-state index is 0.0144. The summed E-state index contributed by atoms with van der Waals surface area (Å²) in [6.45, 7) is 0. The Morgan fingerprint density at radius 3 is 2.39 bits per heavy atom. The summed E-state index contributed by atoms with van der Waals surface area (Å²) in [5.74, 6) is -2.39. The molecule has 0 aromatic heterocycles. The molecule has 106 valence electrons. The number of rotatable bonds is 4. The van der Waals surface area contributed by atoms with Crippen molar-refractivity contribution in [3.63, 3.8) is 0 Å². The first-order valence-electron chi connectivity index (χ1n) is 7.16. The monoisotopic (exact) mass is 261 g/mol. The Kier molecular flexibility index (Phi) is 4.27. The molecule has 0 amide bonds. The number of ether oxygens (including phenoxy) is 1. The van der Waals surface area contributed by atoms with Crippen LogP contribution < -0.4 is 5.73 Å². The summed E-state index contributed by atoms with van der Waals surface area (Å²) < 4.78 is 32.1. The van der Waals surface area contributed by atoms with E-state index in [0.717, 1.165) is 25.7 Å². The van der Waals surface area contributed by atoms with Crippen LogP contribution in [-0.2, 0) is 4.74 Å². The fourth-order valence-electron chi connectivity index (χ4n) is 3.69. The van der Waals surface area contributed by atoms with Gasteiger partial charge in [-0.3, -0.25) is 0 Å². The zero-order chi connectivity index (χ0) is 13.2. The van der Waals surface area contributed by atoms with Gasteiger partial charge in [-0.25, -0.2) is 8.78 Å². The van der Waals surface area contributed by atoms with Gasteiger partial charge in [0.15, 0.2) is 0 Å². The van der Waals surface area contributed by atoms with Crippen LogP contribution in [0.5, 0.6) is 0 Å². The highest BCUT2D eigenvalue weighted by Gasteiger charge is 2.44. The number of halogens is 2. The second-order valence-electron chi connectivity index (χ2n) is 6.14. The first kappa shape index (κ1) is 14.2. The fourth-order valence-corrected chi connectivity index (χ4v) is 3.69. The van der Waals surface area contributed by atoms with Gasteiger partial charge in [-0.1, -0.05) is 19.3 Å². The lowest BCUT2D eigenvalue weighted by atomic mass is 9.76. The largest absolute Gasteiger partial charge is 0.377 e. The average molecular weight is 261 g/mol. The van der Waals surface area contributed by atoms with Crippen molar-refractivity contribution in [1.82, 2.24) is 0 Å². The summed E-state index contributed by atoms with van der Waals surface area (Å²) in [7, 11) is 1.72. The Balaban J connectivity index is 1.92. The van der Waals surface area contributed by atoms with Crippen LogP contribution in [0.15, 0.2) is 0 Å². The van der Waals surface area contributed by atoms with Crippen molar-refractivity contribution in [1.29, 1.82) is 0 Å². The average Bonchev–Trinajstić information content (AvgIpc) is 2.69. The third-order valence-corrected chi connectivity index (χ3v) is 4.88. The zero-order valence-corrected chi connectivity index (χ0v) is 11.3. The smallest absolute Gasteiger partial charge is 0.248 e. The summed E-state index contributed by atoms with van der Waals surface area (Å²) in [6.07, 6.45) is 6.82. The summed E-state index contributed by atoms with van der Waals surface area (Å²) >= 11 is 0. The van der Waals surface area contributed by atoms with E-state index in [4.69, 9.17) is 10.5 Å². The molecular formula is C14H25F2NO. The molecule has 2 N–H and O–H groups in total. The Labute approximate surface area is 108 Å². The molecule has 4 heteroatoms. The van der Waals surface area contributed by atoms with E-state index in [-0.39, 0.29) is 30.4 Å². The van der Waals surface area contributed by atoms with E-state index in [2.05, 4.69) is 0 Å². The van der Waals surface area contributed by atoms with E-state index in [0.29, 0.717) is 12.8 Å². The van der Waals surface area contributed by atoms with E-state index in [1.807, 2.05) is 0 Å². The van der Waals surface area contributed by atoms with Crippen LogP contribution in [0, 0.1) is 5.92 Å². The van der Waals surface area contributed by atoms with Gasteiger partial charge in [0, 0.05) is 26.0 Å². The van der Waals surface area contributed by atoms with Crippen molar-refractivity contribution < 1.29 is 13.5 Å². The predicted octanol–water partition coefficient (Wildman–Crippen LogP) is 3.49. The van der Waals surface area contributed by atoms with E-state index in [9.17, 15) is 8.78 Å². The van der Waals surface area contributed by atoms with Crippen LogP contribution in [0.1, 0.15) is 57.8 Å². The van der Waals surface area contributed by atoms with Crippen LogP contribution in [-0.4, -0.2) is 24.7 Å². The summed E-state index contributed by atoms with van der Waals surface area (Å²) in [6, 6.07) is -0.0956. The van der Waals surface area contributed by atoms with Gasteiger partial charge in [0.1, 0.15) is 0 Å². The first-order valence-corrected chi connectivity index (χ1v) is 7.16. The lowest BCUT2D eigenvalue weighted by Gasteiger charge is -2.41. The molecule has 2 atom stereocenters. The first-order chi connectivity index (χ1) is 8.47. The molecule has 0 heterocycles. The summed E-state index contributed by atoms with van der Waals surface area (Å²) in [5, 5.41) is 0. The Morgan fingerprint density at radius 2 is 1.89 bits per heavy atom. The van der Waals surface area contributed by atoms with Gasteiger partial charge in [0.05, 0.1) is 5.60 Å². The van der Waals surface area contributed by atoms with E-state index in [1.165, 1.54) is 6.42 Å². The highest BCUT2D eigenvalue weighted by Crippen LogP contribution is 2.43. The zero-order valence-electron chi connectivity index (χ0n) is 11.3. The number of alkyl halides is 2. The second kappa shape index (κ2) is 5.41. The van der Waals surface area contributed by atoms with Crippen LogP contribution in [0.3, 0.4) is 0 Å². The number of methoxy groups -OCH3 is 1. The van der Waals surface area contributed by atoms with Gasteiger partial charge in [-0.2, -0.15) is 0 Å². The molecule has 0 aliphatic heterocycles. The van der Waals surface area contributed by atoms with E-state index < -0.39 is 5.92 Å². The van der Waals surface area contributed by atoms with Crippen LogP contribution >= 0.6 is 0 Å². The number of hydrogen-bond donors (Lipinski definition) is 1. The number of nitrogens with two attached hydrogens (primary N) is 1. The maximum Gasteiger partial charge on any atom is 0.248 e. The van der Waals surface area contributed by atoms with E-state index >= 15 is 0 Å². The Hall–Kier alpha value is -0.220. The standard InChI is InChI=1S/C14H25F2NO/c1-18-13(6-3-2-4-7-13)12(17)9-11-5-8-14(15,16)10-11/h11-12H,2-10,17H2,1H3. The van der Waals surface area contributed by atoms with Crippen molar-refractivity contribution in [2.75, 3.05) is 7.11 Å². The molecular weight excluding hydrogens is 236 g/mol. The molecule has 0 saturated heterocycles. The molecule has 2 unspecified atom stereocenters. The maximum absolute atomic E-state index is 13.2. The molecule has 0 bridgehead atoms. The second-order valence-corrected chi connectivity index (χ2v) is 6.14. The third-order valence-electron chi connectivity index (χ3n) is 4.88. The van der Waals surface area contributed by atoms with Gasteiger partial charge in [0.25, 0.3) is 0 Å². The van der Waals surface area contributed by atoms with Crippen molar-refractivity contribution in [2.45, 2.75) is 75.4 Å². The Bertz CT molecular complexity index is 277. The van der Waals surface area contributed by atoms with Crippen molar-refractivity contribution >= 4 is 0 Å². The summed E-state index contributed by atoms with van der Waals surface area (Å²) in [4.78, 5) is 0. The SMILES string of the molecule is COC1(C(N)CC2CCC(F)(F)C2)CCCCC1. The molecule has 2 fully saturated rings. The van der Waals surface area contributed by atoms with Crippen molar-refractivity contribution in [2.24, 2.45) is 11.7 Å². The fraction of sp³-hybridized carbons (Fsp3) is 1.00. The van der Waals surface area contributed by atoms with Crippen LogP contribution in [0.25, 0.3) is 0 Å². The lowest BCUT2D eigenvalue weighted by molar-refractivity contribution is -0.0643. The minimum Gasteiger partial charge on any atom is -0.377 e. The quantitative estimate of drug-likeness (QED) is 0.840. The minimum atomic E-state index is -2.46. The molecule has 0 aromatic rings. The molecule has 2 saturated carbocycles. The Morgan fingerprint density at radius 1 is 1.22 bits per heavy atom. The van der Waals surface area contributed by atoms with Gasteiger partial charge >= 0.3 is 0 Å². The van der Waals surface area contributed by atoms with Gasteiger partial charge in [0.2, 0.25) is 5.92 Å². The van der Waals surface area contributed by atoms with E-state index in [1.54, 1.807) is 7.11 Å². The normalized spacial score (nSPS) is 32.3. The molecule has 0 aromatic carbocycles. The molecule has 2 nitrogen and oxygen atoms in total. The topological polar surface area (TPSA) is 35.2 Å². The van der Waals surface area contributed by atoms with Crippen molar-refractivity contribution in [3.05, 3.63) is 0 Å². The third kappa shape index (κ3) is 3.02. The van der Waals surface area contributed by atoms with Crippen LogP contribution in [0.2, 0.25) is 0 Å². The molecule has 2 aliphatic carbocycles. The molecule has 2 rings (SSSR count). The number of hydrogen-bond acceptors (Lipinski definition) is 2. The highest BCUT2D eigenvalue weighted by molar-refractivity contribution is 4.96. The summed E-state index contributed by atoms with van der Waals surface area (Å²) in [5.41, 5.74) is 6.04. The molecule has 0 radical (unpaired) electrons. The van der Waals surface area contributed by atoms with Gasteiger partial charge in [-0.05, 0) is 31.6 Å². The highest BCUT2D eigenvalue weighted by atomic mass is 19.3. The maximum atomic E-state index is 13.2.